The molecule has 1 aromatic rings. The lowest BCUT2D eigenvalue weighted by Gasteiger charge is -2.08. The predicted molar refractivity (Wildman–Crippen MR) is 85.5 cm³/mol. The van der Waals surface area contributed by atoms with Crippen LogP contribution in [0.15, 0.2) is 23.2 Å². The molecule has 1 rings (SSSR count). The molecule has 0 aliphatic rings. The van der Waals surface area contributed by atoms with E-state index < -0.39 is 0 Å². The molecule has 0 saturated carbocycles. The van der Waals surface area contributed by atoms with Gasteiger partial charge in [0.2, 0.25) is 5.91 Å². The van der Waals surface area contributed by atoms with Crippen LogP contribution >= 0.6 is 35.6 Å². The third-order valence-corrected chi connectivity index (χ3v) is 2.58. The van der Waals surface area contributed by atoms with Crippen LogP contribution in [0.2, 0.25) is 5.02 Å². The highest BCUT2D eigenvalue weighted by Crippen LogP contribution is 2.22. The first-order chi connectivity index (χ1) is 8.00. The van der Waals surface area contributed by atoms with E-state index in [-0.39, 0.29) is 48.8 Å². The molecule has 18 heavy (non-hydrogen) atoms. The molecule has 7 heteroatoms. The molecular weight excluding hydrogens is 367 g/mol. The van der Waals surface area contributed by atoms with Crippen LogP contribution in [0, 0.1) is 6.92 Å². The fourth-order valence-electron chi connectivity index (χ4n) is 1.24. The second kappa shape index (κ2) is 8.15. The van der Waals surface area contributed by atoms with Crippen LogP contribution in [0.5, 0.6) is 0 Å². The number of nitrogens with two attached hydrogens (primary N) is 2. The Morgan fingerprint density at radius 3 is 2.72 bits per heavy atom. The molecule has 0 aliphatic carbocycles. The Balaban J connectivity index is 0.00000289. The molecule has 0 radical (unpaired) electrons. The summed E-state index contributed by atoms with van der Waals surface area (Å²) < 4.78 is 0. The van der Waals surface area contributed by atoms with Gasteiger partial charge in [-0.2, -0.15) is 0 Å². The molecule has 0 aliphatic heterocycles. The van der Waals surface area contributed by atoms with Gasteiger partial charge in [0.05, 0.1) is 6.54 Å². The van der Waals surface area contributed by atoms with Gasteiger partial charge in [0.1, 0.15) is 0 Å². The number of nitrogens with zero attached hydrogens (tertiary/aromatic N) is 1. The number of benzene rings is 1. The van der Waals surface area contributed by atoms with E-state index >= 15 is 0 Å². The number of hydrogen-bond acceptors (Lipinski definition) is 2. The third kappa shape index (κ3) is 5.54. The highest BCUT2D eigenvalue weighted by Gasteiger charge is 2.06. The average Bonchev–Trinajstić information content (AvgIpc) is 2.24. The van der Waals surface area contributed by atoms with Gasteiger partial charge in [0.25, 0.3) is 0 Å². The zero-order chi connectivity index (χ0) is 12.8. The number of guanidine groups is 1. The Bertz CT molecular complexity index is 447. The van der Waals surface area contributed by atoms with Gasteiger partial charge in [-0.05, 0) is 24.6 Å². The number of aliphatic imine (C=N–C) groups is 1. The fourth-order valence-corrected chi connectivity index (χ4v) is 1.42. The van der Waals surface area contributed by atoms with E-state index in [1.54, 1.807) is 18.2 Å². The van der Waals surface area contributed by atoms with Crippen LogP contribution in [0.3, 0.4) is 0 Å². The third-order valence-electron chi connectivity index (χ3n) is 2.18. The van der Waals surface area contributed by atoms with Crippen molar-refractivity contribution >= 4 is 53.1 Å². The van der Waals surface area contributed by atoms with Crippen molar-refractivity contribution < 1.29 is 4.79 Å². The van der Waals surface area contributed by atoms with Crippen molar-refractivity contribution in [2.24, 2.45) is 16.5 Å². The van der Waals surface area contributed by atoms with Gasteiger partial charge >= 0.3 is 0 Å². The van der Waals surface area contributed by atoms with E-state index in [4.69, 9.17) is 23.1 Å². The van der Waals surface area contributed by atoms with E-state index in [2.05, 4.69) is 10.3 Å². The lowest BCUT2D eigenvalue weighted by atomic mass is 10.2. The summed E-state index contributed by atoms with van der Waals surface area (Å²) in [7, 11) is 0. The summed E-state index contributed by atoms with van der Waals surface area (Å²) in [4.78, 5) is 15.3. The van der Waals surface area contributed by atoms with Gasteiger partial charge < -0.3 is 16.8 Å². The van der Waals surface area contributed by atoms with Crippen molar-refractivity contribution in [1.82, 2.24) is 0 Å². The summed E-state index contributed by atoms with van der Waals surface area (Å²) in [5.74, 6) is -0.169. The number of anilines is 1. The van der Waals surface area contributed by atoms with Gasteiger partial charge in [-0.15, -0.1) is 24.0 Å². The first-order valence-corrected chi connectivity index (χ1v) is 5.49. The second-order valence-corrected chi connectivity index (χ2v) is 3.92. The number of nitrogens with one attached hydrogen (secondary N) is 1. The molecule has 100 valence electrons. The van der Waals surface area contributed by atoms with E-state index in [9.17, 15) is 4.79 Å². The van der Waals surface area contributed by atoms with Crippen molar-refractivity contribution in [3.05, 3.63) is 28.8 Å². The number of carbonyl (C=O) groups is 1. The Kier molecular flexibility index (Phi) is 7.69. The Hall–Kier alpha value is -1.02. The summed E-state index contributed by atoms with van der Waals surface area (Å²) in [5, 5.41) is 3.37. The van der Waals surface area contributed by atoms with Gasteiger partial charge in [0.15, 0.2) is 5.96 Å². The molecule has 0 atom stereocenters. The van der Waals surface area contributed by atoms with Crippen LogP contribution in [-0.4, -0.2) is 18.4 Å². The SMILES string of the molecule is Cc1c(Cl)cccc1NC(=O)CCN=C(N)N.I. The van der Waals surface area contributed by atoms with Gasteiger partial charge in [-0.3, -0.25) is 9.79 Å². The summed E-state index contributed by atoms with van der Waals surface area (Å²) in [6.45, 7) is 2.11. The summed E-state index contributed by atoms with van der Waals surface area (Å²) >= 11 is 5.94. The number of amides is 1. The number of rotatable bonds is 4. The topological polar surface area (TPSA) is 93.5 Å². The molecule has 1 amide bonds. The highest BCUT2D eigenvalue weighted by molar-refractivity contribution is 14.0. The maximum atomic E-state index is 11.6. The standard InChI is InChI=1S/C11H15ClN4O.HI/c1-7-8(12)3-2-4-9(7)16-10(17)5-6-15-11(13)14;/h2-4H,5-6H2,1H3,(H,16,17)(H4,13,14,15);1H. The fraction of sp³-hybridized carbons (Fsp3) is 0.273. The first-order valence-electron chi connectivity index (χ1n) is 5.11. The molecule has 0 unspecified atom stereocenters. The molecule has 0 saturated heterocycles. The second-order valence-electron chi connectivity index (χ2n) is 3.52. The molecule has 1 aromatic carbocycles. The molecule has 0 aromatic heterocycles. The largest absolute Gasteiger partial charge is 0.370 e. The van der Waals surface area contributed by atoms with E-state index in [1.165, 1.54) is 0 Å². The molecule has 0 spiro atoms. The minimum absolute atomic E-state index is 0. The number of halogens is 2. The van der Waals surface area contributed by atoms with Gasteiger partial charge in [0, 0.05) is 17.1 Å². The number of hydrogen-bond donors (Lipinski definition) is 3. The number of carbonyl (C=O) groups excluding carboxylic acids is 1. The average molecular weight is 383 g/mol. The van der Waals surface area contributed by atoms with E-state index in [0.29, 0.717) is 10.7 Å². The monoisotopic (exact) mass is 382 g/mol. The molecule has 0 fully saturated rings. The lowest BCUT2D eigenvalue weighted by molar-refractivity contribution is -0.116. The van der Waals surface area contributed by atoms with Crippen molar-refractivity contribution in [2.45, 2.75) is 13.3 Å². The molecule has 5 nitrogen and oxygen atoms in total. The zero-order valence-corrected chi connectivity index (χ0v) is 13.0. The van der Waals surface area contributed by atoms with Gasteiger partial charge in [-0.25, -0.2) is 0 Å². The quantitative estimate of drug-likeness (QED) is 0.421. The van der Waals surface area contributed by atoms with Crippen molar-refractivity contribution in [1.29, 1.82) is 0 Å². The maximum absolute atomic E-state index is 11.6. The zero-order valence-electron chi connectivity index (χ0n) is 9.94. The predicted octanol–water partition coefficient (Wildman–Crippen LogP) is 1.87. The first kappa shape index (κ1) is 17.0. The minimum Gasteiger partial charge on any atom is -0.370 e. The van der Waals surface area contributed by atoms with Crippen LogP contribution in [0.4, 0.5) is 5.69 Å². The maximum Gasteiger partial charge on any atom is 0.226 e. The highest BCUT2D eigenvalue weighted by atomic mass is 127. The van der Waals surface area contributed by atoms with Crippen LogP contribution < -0.4 is 16.8 Å². The molecule has 5 N–H and O–H groups in total. The normalized spacial score (nSPS) is 9.22. The Morgan fingerprint density at radius 1 is 1.44 bits per heavy atom. The Morgan fingerprint density at radius 2 is 2.11 bits per heavy atom. The molecular formula is C11H16ClIN4O. The van der Waals surface area contributed by atoms with E-state index in [1.807, 2.05) is 6.92 Å². The van der Waals surface area contributed by atoms with Crippen LogP contribution in [0.1, 0.15) is 12.0 Å². The summed E-state index contributed by atoms with van der Waals surface area (Å²) in [5.41, 5.74) is 11.8. The lowest BCUT2D eigenvalue weighted by Crippen LogP contribution is -2.23. The van der Waals surface area contributed by atoms with Gasteiger partial charge in [-0.1, -0.05) is 17.7 Å². The summed E-state index contributed by atoms with van der Waals surface area (Å²) in [6.07, 6.45) is 0.226. The smallest absolute Gasteiger partial charge is 0.226 e. The Labute approximate surface area is 128 Å². The van der Waals surface area contributed by atoms with Crippen LogP contribution in [-0.2, 0) is 4.79 Å². The molecule has 0 heterocycles. The van der Waals surface area contributed by atoms with E-state index in [0.717, 1.165) is 5.56 Å². The van der Waals surface area contributed by atoms with Crippen LogP contribution in [0.25, 0.3) is 0 Å². The summed E-state index contributed by atoms with van der Waals surface area (Å²) in [6, 6.07) is 5.34. The van der Waals surface area contributed by atoms with Crippen molar-refractivity contribution in [3.8, 4) is 0 Å². The molecule has 0 bridgehead atoms. The van der Waals surface area contributed by atoms with Crippen molar-refractivity contribution in [3.63, 3.8) is 0 Å². The van der Waals surface area contributed by atoms with Crippen molar-refractivity contribution in [2.75, 3.05) is 11.9 Å². The minimum atomic E-state index is -0.152.